The fraction of sp³-hybridized carbons (Fsp3) is 0.308. The van der Waals surface area contributed by atoms with Crippen LogP contribution in [-0.2, 0) is 12.0 Å². The number of hydrogen-bond donors (Lipinski definition) is 1. The number of aryl methyl sites for hydroxylation is 1. The first kappa shape index (κ1) is 12.6. The van der Waals surface area contributed by atoms with Crippen molar-refractivity contribution in [3.63, 3.8) is 0 Å². The molecule has 4 heteroatoms. The predicted molar refractivity (Wildman–Crippen MR) is 71.6 cm³/mol. The summed E-state index contributed by atoms with van der Waals surface area (Å²) in [6.07, 6.45) is 3.79. The van der Waals surface area contributed by atoms with Crippen LogP contribution in [-0.4, -0.2) is 10.1 Å². The van der Waals surface area contributed by atoms with Crippen LogP contribution >= 0.6 is 22.9 Å². The van der Waals surface area contributed by atoms with Crippen LogP contribution in [0.2, 0.25) is 5.02 Å². The Morgan fingerprint density at radius 2 is 2.24 bits per heavy atom. The molecule has 2 heterocycles. The molecule has 0 spiro atoms. The first-order chi connectivity index (χ1) is 8.00. The number of aliphatic hydroxyl groups is 1. The summed E-state index contributed by atoms with van der Waals surface area (Å²) < 4.78 is 0. The van der Waals surface area contributed by atoms with Gasteiger partial charge in [-0.05, 0) is 42.5 Å². The second-order valence-electron chi connectivity index (χ2n) is 4.35. The molecule has 0 aliphatic rings. The zero-order chi connectivity index (χ0) is 12.5. The lowest BCUT2D eigenvalue weighted by Crippen LogP contribution is -2.24. The third-order valence-corrected chi connectivity index (χ3v) is 4.35. The standard InChI is InChI=1S/C13H14ClNOS/c1-9-4-6-17-12(9)13(2,16)7-10-3-5-15-8-11(10)14/h3-6,8,16H,7H2,1-2H3. The molecule has 0 saturated carbocycles. The minimum absolute atomic E-state index is 0.496. The van der Waals surface area contributed by atoms with Gasteiger partial charge in [-0.1, -0.05) is 11.6 Å². The number of halogens is 1. The van der Waals surface area contributed by atoms with Crippen molar-refractivity contribution in [2.24, 2.45) is 0 Å². The molecule has 1 N–H and O–H groups in total. The first-order valence-electron chi connectivity index (χ1n) is 5.36. The van der Waals surface area contributed by atoms with Crippen LogP contribution in [0.4, 0.5) is 0 Å². The van der Waals surface area contributed by atoms with Gasteiger partial charge in [0.25, 0.3) is 0 Å². The number of rotatable bonds is 3. The van der Waals surface area contributed by atoms with Gasteiger partial charge in [0.1, 0.15) is 5.60 Å². The summed E-state index contributed by atoms with van der Waals surface area (Å²) in [5.74, 6) is 0. The van der Waals surface area contributed by atoms with Gasteiger partial charge in [-0.15, -0.1) is 11.3 Å². The van der Waals surface area contributed by atoms with E-state index in [0.29, 0.717) is 11.4 Å². The maximum atomic E-state index is 10.6. The van der Waals surface area contributed by atoms with Crippen molar-refractivity contribution in [2.45, 2.75) is 25.9 Å². The highest BCUT2D eigenvalue weighted by atomic mass is 35.5. The number of nitrogens with zero attached hydrogens (tertiary/aromatic N) is 1. The van der Waals surface area contributed by atoms with Crippen molar-refractivity contribution in [2.75, 3.05) is 0 Å². The van der Waals surface area contributed by atoms with E-state index < -0.39 is 5.60 Å². The average Bonchev–Trinajstić information content (AvgIpc) is 2.68. The molecule has 1 unspecified atom stereocenters. The molecule has 2 nitrogen and oxygen atoms in total. The summed E-state index contributed by atoms with van der Waals surface area (Å²) in [4.78, 5) is 4.94. The van der Waals surface area contributed by atoms with Gasteiger partial charge in [0.05, 0.1) is 5.02 Å². The van der Waals surface area contributed by atoms with Gasteiger partial charge in [0, 0.05) is 23.7 Å². The fourth-order valence-electron chi connectivity index (χ4n) is 1.92. The minimum atomic E-state index is -0.886. The van der Waals surface area contributed by atoms with E-state index in [-0.39, 0.29) is 0 Å². The Bertz CT molecular complexity index is 522. The Kier molecular flexibility index (Phi) is 3.52. The van der Waals surface area contributed by atoms with E-state index in [9.17, 15) is 5.11 Å². The molecule has 0 amide bonds. The Hall–Kier alpha value is -0.900. The smallest absolute Gasteiger partial charge is 0.100 e. The van der Waals surface area contributed by atoms with Crippen molar-refractivity contribution in [3.05, 3.63) is 50.9 Å². The quantitative estimate of drug-likeness (QED) is 0.923. The van der Waals surface area contributed by atoms with E-state index in [1.807, 2.05) is 31.4 Å². The zero-order valence-corrected chi connectivity index (χ0v) is 11.3. The second-order valence-corrected chi connectivity index (χ2v) is 5.67. The lowest BCUT2D eigenvalue weighted by atomic mass is 9.93. The molecular formula is C13H14ClNOS. The fourth-order valence-corrected chi connectivity index (χ4v) is 3.10. The third-order valence-electron chi connectivity index (χ3n) is 2.74. The van der Waals surface area contributed by atoms with Crippen molar-refractivity contribution in [3.8, 4) is 0 Å². The van der Waals surface area contributed by atoms with Crippen molar-refractivity contribution in [1.82, 2.24) is 4.98 Å². The van der Waals surface area contributed by atoms with E-state index in [2.05, 4.69) is 4.98 Å². The third kappa shape index (κ3) is 2.68. The Morgan fingerprint density at radius 3 is 2.82 bits per heavy atom. The van der Waals surface area contributed by atoms with Crippen LogP contribution in [0.5, 0.6) is 0 Å². The number of hydrogen-bond acceptors (Lipinski definition) is 3. The highest BCUT2D eigenvalue weighted by Crippen LogP contribution is 2.33. The van der Waals surface area contributed by atoms with Gasteiger partial charge < -0.3 is 5.11 Å². The van der Waals surface area contributed by atoms with Crippen molar-refractivity contribution in [1.29, 1.82) is 0 Å². The van der Waals surface area contributed by atoms with Crippen LogP contribution in [0.25, 0.3) is 0 Å². The highest BCUT2D eigenvalue weighted by Gasteiger charge is 2.27. The summed E-state index contributed by atoms with van der Waals surface area (Å²) in [5, 5.41) is 13.2. The van der Waals surface area contributed by atoms with Gasteiger partial charge in [-0.25, -0.2) is 0 Å². The maximum Gasteiger partial charge on any atom is 0.100 e. The molecule has 2 rings (SSSR count). The Balaban J connectivity index is 2.30. The largest absolute Gasteiger partial charge is 0.384 e. The molecule has 0 aromatic carbocycles. The lowest BCUT2D eigenvalue weighted by molar-refractivity contribution is 0.0609. The normalized spacial score (nSPS) is 14.6. The van der Waals surface area contributed by atoms with Crippen LogP contribution in [0.1, 0.15) is 22.9 Å². The molecule has 0 aliphatic carbocycles. The molecule has 1 atom stereocenters. The molecule has 0 radical (unpaired) electrons. The molecule has 0 aliphatic heterocycles. The molecule has 2 aromatic rings. The molecular weight excluding hydrogens is 254 g/mol. The van der Waals surface area contributed by atoms with Gasteiger partial charge in [-0.3, -0.25) is 4.98 Å². The lowest BCUT2D eigenvalue weighted by Gasteiger charge is -2.23. The van der Waals surface area contributed by atoms with E-state index in [4.69, 9.17) is 11.6 Å². The number of thiophene rings is 1. The minimum Gasteiger partial charge on any atom is -0.384 e. The SMILES string of the molecule is Cc1ccsc1C(C)(O)Cc1ccncc1Cl. The summed E-state index contributed by atoms with van der Waals surface area (Å²) in [6.45, 7) is 3.83. The molecule has 90 valence electrons. The molecule has 0 fully saturated rings. The van der Waals surface area contributed by atoms with Crippen molar-refractivity contribution >= 4 is 22.9 Å². The topological polar surface area (TPSA) is 33.1 Å². The van der Waals surface area contributed by atoms with Crippen LogP contribution in [0, 0.1) is 6.92 Å². The van der Waals surface area contributed by atoms with Gasteiger partial charge in [-0.2, -0.15) is 0 Å². The summed E-state index contributed by atoms with van der Waals surface area (Å²) >= 11 is 7.63. The number of aromatic nitrogens is 1. The Morgan fingerprint density at radius 1 is 1.47 bits per heavy atom. The molecule has 0 bridgehead atoms. The van der Waals surface area contributed by atoms with Gasteiger partial charge in [0.15, 0.2) is 0 Å². The summed E-state index contributed by atoms with van der Waals surface area (Å²) in [7, 11) is 0. The van der Waals surface area contributed by atoms with E-state index in [0.717, 1.165) is 16.0 Å². The van der Waals surface area contributed by atoms with E-state index in [1.165, 1.54) is 0 Å². The Labute approximate surface area is 110 Å². The highest BCUT2D eigenvalue weighted by molar-refractivity contribution is 7.10. The van der Waals surface area contributed by atoms with E-state index in [1.54, 1.807) is 23.7 Å². The second kappa shape index (κ2) is 4.77. The van der Waals surface area contributed by atoms with Crippen LogP contribution < -0.4 is 0 Å². The summed E-state index contributed by atoms with van der Waals surface area (Å²) in [6, 6.07) is 3.86. The zero-order valence-electron chi connectivity index (χ0n) is 9.77. The van der Waals surface area contributed by atoms with Crippen LogP contribution in [0.3, 0.4) is 0 Å². The maximum absolute atomic E-state index is 10.6. The van der Waals surface area contributed by atoms with Gasteiger partial charge >= 0.3 is 0 Å². The van der Waals surface area contributed by atoms with Gasteiger partial charge in [0.2, 0.25) is 0 Å². The van der Waals surface area contributed by atoms with Crippen molar-refractivity contribution < 1.29 is 5.11 Å². The average molecular weight is 268 g/mol. The predicted octanol–water partition coefficient (Wildman–Crippen LogP) is 3.56. The first-order valence-corrected chi connectivity index (χ1v) is 6.62. The van der Waals surface area contributed by atoms with Crippen LogP contribution in [0.15, 0.2) is 29.9 Å². The monoisotopic (exact) mass is 267 g/mol. The molecule has 2 aromatic heterocycles. The number of pyridine rings is 1. The molecule has 17 heavy (non-hydrogen) atoms. The molecule has 0 saturated heterocycles. The van der Waals surface area contributed by atoms with E-state index >= 15 is 0 Å². The summed E-state index contributed by atoms with van der Waals surface area (Å²) in [5.41, 5.74) is 1.15.